The number of primary sulfonamides is 1. The highest BCUT2D eigenvalue weighted by atomic mass is 32.2. The van der Waals surface area contributed by atoms with Gasteiger partial charge in [-0.3, -0.25) is 0 Å². The van der Waals surface area contributed by atoms with Crippen LogP contribution in [0.2, 0.25) is 0 Å². The Hall–Kier alpha value is -2.78. The van der Waals surface area contributed by atoms with Crippen LogP contribution in [0, 0.1) is 11.8 Å². The lowest BCUT2D eigenvalue weighted by Crippen LogP contribution is -2.36. The smallest absolute Gasteiger partial charge is 0.381 e. The molecule has 0 radical (unpaired) electrons. The predicted octanol–water partition coefficient (Wildman–Crippen LogP) is 5.01. The van der Waals surface area contributed by atoms with Crippen molar-refractivity contribution in [3.8, 4) is 11.8 Å². The Morgan fingerprint density at radius 2 is 1.84 bits per heavy atom. The van der Waals surface area contributed by atoms with Gasteiger partial charge in [-0.25, -0.2) is 13.6 Å². The number of thiophene rings is 1. The molecular formula is C26H29F3N4O2S2. The molecule has 1 atom stereocenters. The van der Waals surface area contributed by atoms with Crippen molar-refractivity contribution in [1.29, 1.82) is 0 Å². The largest absolute Gasteiger partial charge is 0.393 e. The van der Waals surface area contributed by atoms with Gasteiger partial charge < -0.3 is 15.5 Å². The second-order valence-corrected chi connectivity index (χ2v) is 11.9. The van der Waals surface area contributed by atoms with E-state index in [1.165, 1.54) is 23.5 Å². The quantitative estimate of drug-likeness (QED) is 0.376. The van der Waals surface area contributed by atoms with E-state index in [2.05, 4.69) is 34.4 Å². The van der Waals surface area contributed by atoms with Crippen LogP contribution < -0.4 is 15.8 Å². The lowest BCUT2D eigenvalue weighted by atomic mass is 10.0. The van der Waals surface area contributed by atoms with Gasteiger partial charge in [0.2, 0.25) is 10.0 Å². The molecule has 4 N–H and O–H groups in total. The number of alkyl halides is 3. The molecule has 1 fully saturated rings. The van der Waals surface area contributed by atoms with Crippen molar-refractivity contribution in [1.82, 2.24) is 4.90 Å². The zero-order chi connectivity index (χ0) is 26.8. The van der Waals surface area contributed by atoms with E-state index >= 15 is 0 Å². The molecule has 198 valence electrons. The normalized spacial score (nSPS) is 16.3. The Morgan fingerprint density at radius 1 is 1.16 bits per heavy atom. The molecule has 1 aliphatic rings. The number of anilines is 2. The highest BCUT2D eigenvalue weighted by molar-refractivity contribution is 7.89. The summed E-state index contributed by atoms with van der Waals surface area (Å²) in [6, 6.07) is 11.2. The lowest BCUT2D eigenvalue weighted by Gasteiger charge is -2.30. The van der Waals surface area contributed by atoms with Crippen molar-refractivity contribution >= 4 is 42.8 Å². The van der Waals surface area contributed by atoms with E-state index in [0.717, 1.165) is 36.3 Å². The fourth-order valence-electron chi connectivity index (χ4n) is 4.33. The summed E-state index contributed by atoms with van der Waals surface area (Å²) in [7, 11) is -1.71. The molecule has 1 saturated heterocycles. The van der Waals surface area contributed by atoms with Crippen LogP contribution in [0.15, 0.2) is 47.4 Å². The van der Waals surface area contributed by atoms with Gasteiger partial charge >= 0.3 is 6.18 Å². The zero-order valence-corrected chi connectivity index (χ0v) is 22.2. The van der Waals surface area contributed by atoms with Crippen molar-refractivity contribution < 1.29 is 21.6 Å². The molecule has 0 saturated carbocycles. The third kappa shape index (κ3) is 7.17. The first-order chi connectivity index (χ1) is 17.4. The average Bonchev–Trinajstić information content (AvgIpc) is 3.16. The number of hydrogen-bond donors (Lipinski definition) is 3. The van der Waals surface area contributed by atoms with E-state index in [1.807, 2.05) is 6.07 Å². The molecule has 4 rings (SSSR count). The maximum Gasteiger partial charge on any atom is 0.393 e. The van der Waals surface area contributed by atoms with Crippen molar-refractivity contribution in [2.75, 3.05) is 30.8 Å². The molecule has 37 heavy (non-hydrogen) atoms. The predicted molar refractivity (Wildman–Crippen MR) is 144 cm³/mol. The van der Waals surface area contributed by atoms with Gasteiger partial charge in [0.15, 0.2) is 0 Å². The highest BCUT2D eigenvalue weighted by Crippen LogP contribution is 2.39. The summed E-state index contributed by atoms with van der Waals surface area (Å²) < 4.78 is 64.2. The Bertz CT molecular complexity index is 1420. The van der Waals surface area contributed by atoms with E-state index in [-0.39, 0.29) is 16.5 Å². The first-order valence-corrected chi connectivity index (χ1v) is 14.2. The molecule has 1 aromatic heterocycles. The molecule has 2 heterocycles. The molecule has 0 spiro atoms. The summed E-state index contributed by atoms with van der Waals surface area (Å²) in [5.41, 5.74) is 1.65. The number of nitrogens with one attached hydrogen (secondary N) is 2. The zero-order valence-electron chi connectivity index (χ0n) is 20.5. The first kappa shape index (κ1) is 27.3. The average molecular weight is 551 g/mol. The summed E-state index contributed by atoms with van der Waals surface area (Å²) >= 11 is 1.28. The summed E-state index contributed by atoms with van der Waals surface area (Å²) in [6.45, 7) is 3.73. The van der Waals surface area contributed by atoms with Crippen molar-refractivity contribution in [2.24, 2.45) is 5.14 Å². The number of rotatable bonds is 6. The van der Waals surface area contributed by atoms with Crippen molar-refractivity contribution in [3.05, 3.63) is 52.9 Å². The second-order valence-electron chi connectivity index (χ2n) is 9.31. The summed E-state index contributed by atoms with van der Waals surface area (Å²) in [4.78, 5) is 2.65. The van der Waals surface area contributed by atoms with E-state index in [9.17, 15) is 21.6 Å². The van der Waals surface area contributed by atoms with Gasteiger partial charge in [0.05, 0.1) is 32.6 Å². The van der Waals surface area contributed by atoms with Crippen LogP contribution in [0.3, 0.4) is 0 Å². The van der Waals surface area contributed by atoms with Crippen LogP contribution in [-0.4, -0.2) is 51.7 Å². The fraction of sp³-hybridized carbons (Fsp3) is 0.385. The number of hydrogen-bond acceptors (Lipinski definition) is 6. The number of fused-ring (bicyclic) bond motifs is 1. The Labute approximate surface area is 219 Å². The summed E-state index contributed by atoms with van der Waals surface area (Å²) in [5.74, 6) is 5.97. The molecule has 0 amide bonds. The number of halogens is 3. The van der Waals surface area contributed by atoms with Gasteiger partial charge in [-0.05, 0) is 81.2 Å². The lowest BCUT2D eigenvalue weighted by molar-refractivity contribution is -0.126. The summed E-state index contributed by atoms with van der Waals surface area (Å²) in [6.07, 6.45) is -3.47. The fourth-order valence-corrected chi connectivity index (χ4v) is 6.01. The van der Waals surface area contributed by atoms with Crippen molar-refractivity contribution in [2.45, 2.75) is 49.3 Å². The molecule has 6 nitrogen and oxygen atoms in total. The van der Waals surface area contributed by atoms with Crippen LogP contribution in [0.4, 0.5) is 24.5 Å². The maximum absolute atomic E-state index is 13.5. The van der Waals surface area contributed by atoms with E-state index in [0.29, 0.717) is 16.0 Å². The Balaban J connectivity index is 1.60. The number of nitrogens with zero attached hydrogens (tertiary/aromatic N) is 1. The molecular weight excluding hydrogens is 521 g/mol. The van der Waals surface area contributed by atoms with E-state index in [4.69, 9.17) is 5.14 Å². The molecule has 1 aliphatic heterocycles. The summed E-state index contributed by atoms with van der Waals surface area (Å²) in [5, 5.41) is 12.4. The molecule has 3 aromatic rings. The van der Waals surface area contributed by atoms with Gasteiger partial charge in [0.1, 0.15) is 0 Å². The standard InChI is InChI=1S/C26H29F3N4O2S2/c1-17(31-18-7-9-20(10-8-18)37(30,34)35)6-11-24-22(16-26(27,28)29)21-4-3-5-23(25(21)36-24)32-19-12-14-33(2)15-13-19/h3-5,7-10,17,19,31-32H,12-16H2,1-2H3,(H2,30,34,35)/t17-/m1/s1. The number of nitrogens with two attached hydrogens (primary N) is 1. The number of likely N-dealkylation sites (tertiary alicyclic amines) is 1. The van der Waals surface area contributed by atoms with Gasteiger partial charge in [0, 0.05) is 11.7 Å². The minimum Gasteiger partial charge on any atom is -0.381 e. The van der Waals surface area contributed by atoms with Gasteiger partial charge in [-0.1, -0.05) is 24.0 Å². The maximum atomic E-state index is 13.5. The minimum atomic E-state index is -4.36. The minimum absolute atomic E-state index is 0.0106. The molecule has 11 heteroatoms. The van der Waals surface area contributed by atoms with Gasteiger partial charge in [0.25, 0.3) is 0 Å². The molecule has 2 aromatic carbocycles. The Kier molecular flexibility index (Phi) is 8.04. The third-order valence-electron chi connectivity index (χ3n) is 6.24. The topological polar surface area (TPSA) is 87.5 Å². The number of piperidine rings is 1. The van der Waals surface area contributed by atoms with Gasteiger partial charge in [-0.15, -0.1) is 11.3 Å². The Morgan fingerprint density at radius 3 is 2.46 bits per heavy atom. The monoisotopic (exact) mass is 550 g/mol. The van der Waals surface area contributed by atoms with Crippen LogP contribution in [-0.2, 0) is 16.4 Å². The van der Waals surface area contributed by atoms with E-state index < -0.39 is 28.7 Å². The van der Waals surface area contributed by atoms with Crippen LogP contribution in [0.25, 0.3) is 10.1 Å². The van der Waals surface area contributed by atoms with Crippen LogP contribution in [0.1, 0.15) is 30.2 Å². The number of benzene rings is 2. The van der Waals surface area contributed by atoms with Crippen LogP contribution in [0.5, 0.6) is 0 Å². The van der Waals surface area contributed by atoms with Gasteiger partial charge in [-0.2, -0.15) is 13.2 Å². The second kappa shape index (κ2) is 10.9. The number of sulfonamides is 1. The first-order valence-electron chi connectivity index (χ1n) is 11.9. The molecule has 0 aliphatic carbocycles. The third-order valence-corrected chi connectivity index (χ3v) is 8.37. The molecule has 0 unspecified atom stereocenters. The van der Waals surface area contributed by atoms with Crippen molar-refractivity contribution in [3.63, 3.8) is 0 Å². The van der Waals surface area contributed by atoms with Crippen LogP contribution >= 0.6 is 11.3 Å². The SMILES string of the molecule is C[C@H](C#Cc1sc2c(NC3CCN(C)CC3)cccc2c1CC(F)(F)F)Nc1ccc(S(N)(=O)=O)cc1. The van der Waals surface area contributed by atoms with E-state index in [1.54, 1.807) is 31.2 Å². The molecule has 0 bridgehead atoms. The highest BCUT2D eigenvalue weighted by Gasteiger charge is 2.31.